The molecule has 0 saturated carbocycles. The Labute approximate surface area is 172 Å². The Morgan fingerprint density at radius 2 is 1.86 bits per heavy atom. The van der Waals surface area contributed by atoms with Crippen molar-refractivity contribution in [1.82, 2.24) is 5.32 Å². The quantitative estimate of drug-likeness (QED) is 0.545. The Bertz CT molecular complexity index is 839. The van der Waals surface area contributed by atoms with Gasteiger partial charge in [0, 0.05) is 24.7 Å². The van der Waals surface area contributed by atoms with Gasteiger partial charge in [0.15, 0.2) is 29.0 Å². The average molecular weight is 399 g/mol. The van der Waals surface area contributed by atoms with E-state index in [9.17, 15) is 0 Å². The van der Waals surface area contributed by atoms with E-state index in [0.29, 0.717) is 43.8 Å². The van der Waals surface area contributed by atoms with Gasteiger partial charge in [0.1, 0.15) is 0 Å². The van der Waals surface area contributed by atoms with Gasteiger partial charge in [-0.1, -0.05) is 6.07 Å². The van der Waals surface area contributed by atoms with Gasteiger partial charge in [-0.3, -0.25) is 0 Å². The first-order valence-electron chi connectivity index (χ1n) is 9.98. The van der Waals surface area contributed by atoms with Crippen molar-refractivity contribution in [3.8, 4) is 23.0 Å². The van der Waals surface area contributed by atoms with Crippen molar-refractivity contribution in [2.45, 2.75) is 26.8 Å². The summed E-state index contributed by atoms with van der Waals surface area (Å²) in [4.78, 5) is 4.70. The molecule has 0 bridgehead atoms. The molecule has 0 unspecified atom stereocenters. The van der Waals surface area contributed by atoms with E-state index in [2.05, 4.69) is 10.6 Å². The molecule has 2 N–H and O–H groups in total. The molecule has 3 rings (SSSR count). The highest BCUT2D eigenvalue weighted by Gasteiger charge is 2.11. The minimum Gasteiger partial charge on any atom is -0.493 e. The van der Waals surface area contributed by atoms with E-state index in [0.717, 1.165) is 35.7 Å². The molecule has 0 aromatic heterocycles. The first-order valence-corrected chi connectivity index (χ1v) is 9.98. The zero-order chi connectivity index (χ0) is 20.5. The molecule has 0 spiro atoms. The topological polar surface area (TPSA) is 73.3 Å². The van der Waals surface area contributed by atoms with Crippen LogP contribution in [0.15, 0.2) is 41.4 Å². The number of anilines is 1. The van der Waals surface area contributed by atoms with Gasteiger partial charge in [0.2, 0.25) is 0 Å². The lowest BCUT2D eigenvalue weighted by Gasteiger charge is -2.14. The number of nitrogens with zero attached hydrogens (tertiary/aromatic N) is 1. The molecule has 0 saturated heterocycles. The Morgan fingerprint density at radius 3 is 2.62 bits per heavy atom. The summed E-state index contributed by atoms with van der Waals surface area (Å²) in [6.45, 7) is 7.17. The number of hydrogen-bond acceptors (Lipinski definition) is 5. The first-order chi connectivity index (χ1) is 14.2. The van der Waals surface area contributed by atoms with E-state index in [1.165, 1.54) is 0 Å². The number of hydrogen-bond donors (Lipinski definition) is 2. The highest BCUT2D eigenvalue weighted by Crippen LogP contribution is 2.31. The first kappa shape index (κ1) is 20.6. The third-order valence-electron chi connectivity index (χ3n) is 4.30. The second-order valence-corrected chi connectivity index (χ2v) is 6.45. The molecular weight excluding hydrogens is 370 g/mol. The molecule has 0 aliphatic carbocycles. The van der Waals surface area contributed by atoms with Crippen LogP contribution in [0.1, 0.15) is 25.8 Å². The van der Waals surface area contributed by atoms with E-state index < -0.39 is 0 Å². The lowest BCUT2D eigenvalue weighted by Crippen LogP contribution is -2.30. The predicted octanol–water partition coefficient (Wildman–Crippen LogP) is 3.83. The molecule has 0 atom stereocenters. The van der Waals surface area contributed by atoms with E-state index in [1.807, 2.05) is 50.2 Å². The number of methoxy groups -OCH3 is 1. The Balaban J connectivity index is 1.73. The lowest BCUT2D eigenvalue weighted by molar-refractivity contribution is 0.297. The third kappa shape index (κ3) is 5.70. The summed E-state index contributed by atoms with van der Waals surface area (Å²) in [5, 5.41) is 6.58. The van der Waals surface area contributed by atoms with Crippen LogP contribution in [0.3, 0.4) is 0 Å². The molecule has 1 aliphatic heterocycles. The second-order valence-electron chi connectivity index (χ2n) is 6.45. The summed E-state index contributed by atoms with van der Waals surface area (Å²) in [7, 11) is 1.63. The number of fused-ring (bicyclic) bond motifs is 1. The van der Waals surface area contributed by atoms with Gasteiger partial charge in [-0.15, -0.1) is 0 Å². The van der Waals surface area contributed by atoms with Gasteiger partial charge < -0.3 is 29.6 Å². The summed E-state index contributed by atoms with van der Waals surface area (Å²) in [6.07, 6.45) is 0.891. The SMILES string of the molecule is CCNC(=NCc1ccc2c(c1)OCCCO2)Nc1ccc(OC)c(OCC)c1. The van der Waals surface area contributed by atoms with Crippen LogP contribution in [0.4, 0.5) is 5.69 Å². The Hall–Kier alpha value is -3.09. The molecular formula is C22H29N3O4. The van der Waals surface area contributed by atoms with Gasteiger partial charge in [-0.05, 0) is 43.7 Å². The fourth-order valence-electron chi connectivity index (χ4n) is 2.94. The van der Waals surface area contributed by atoms with Gasteiger partial charge >= 0.3 is 0 Å². The van der Waals surface area contributed by atoms with E-state index in [4.69, 9.17) is 23.9 Å². The zero-order valence-corrected chi connectivity index (χ0v) is 17.3. The van der Waals surface area contributed by atoms with Crippen molar-refractivity contribution in [1.29, 1.82) is 0 Å². The van der Waals surface area contributed by atoms with Crippen molar-refractivity contribution in [2.24, 2.45) is 4.99 Å². The summed E-state index contributed by atoms with van der Waals surface area (Å²) in [5.74, 6) is 3.66. The van der Waals surface area contributed by atoms with Crippen molar-refractivity contribution in [3.05, 3.63) is 42.0 Å². The van der Waals surface area contributed by atoms with Crippen LogP contribution in [0, 0.1) is 0 Å². The largest absolute Gasteiger partial charge is 0.493 e. The van der Waals surface area contributed by atoms with Gasteiger partial charge in [-0.2, -0.15) is 0 Å². The Morgan fingerprint density at radius 1 is 1.03 bits per heavy atom. The predicted molar refractivity (Wildman–Crippen MR) is 115 cm³/mol. The summed E-state index contributed by atoms with van der Waals surface area (Å²) < 4.78 is 22.5. The molecule has 7 heteroatoms. The van der Waals surface area contributed by atoms with E-state index >= 15 is 0 Å². The maximum atomic E-state index is 5.77. The minimum atomic E-state index is 0.514. The van der Waals surface area contributed by atoms with Crippen LogP contribution in [-0.4, -0.2) is 39.4 Å². The number of ether oxygens (including phenoxy) is 4. The minimum absolute atomic E-state index is 0.514. The van der Waals surface area contributed by atoms with Gasteiger partial charge in [-0.25, -0.2) is 4.99 Å². The van der Waals surface area contributed by atoms with Crippen molar-refractivity contribution >= 4 is 11.6 Å². The Kier molecular flexibility index (Phi) is 7.44. The smallest absolute Gasteiger partial charge is 0.196 e. The fraction of sp³-hybridized carbons (Fsp3) is 0.409. The normalized spacial score (nSPS) is 13.4. The standard InChI is InChI=1S/C22H29N3O4/c1-4-23-22(25-17-8-10-18(26-3)21(14-17)27-5-2)24-15-16-7-9-19-20(13-16)29-12-6-11-28-19/h7-10,13-14H,4-6,11-12,15H2,1-3H3,(H2,23,24,25). The average Bonchev–Trinajstić information content (AvgIpc) is 2.97. The zero-order valence-electron chi connectivity index (χ0n) is 17.3. The second kappa shape index (κ2) is 10.5. The maximum Gasteiger partial charge on any atom is 0.196 e. The van der Waals surface area contributed by atoms with Crippen LogP contribution in [0.2, 0.25) is 0 Å². The number of rotatable bonds is 7. The fourth-order valence-corrected chi connectivity index (χ4v) is 2.94. The summed E-state index contributed by atoms with van der Waals surface area (Å²) in [5.41, 5.74) is 1.92. The van der Waals surface area contributed by atoms with E-state index in [1.54, 1.807) is 7.11 Å². The summed E-state index contributed by atoms with van der Waals surface area (Å²) in [6, 6.07) is 11.7. The van der Waals surface area contributed by atoms with E-state index in [-0.39, 0.29) is 0 Å². The molecule has 1 heterocycles. The van der Waals surface area contributed by atoms with Crippen LogP contribution in [-0.2, 0) is 6.54 Å². The molecule has 29 heavy (non-hydrogen) atoms. The molecule has 0 amide bonds. The third-order valence-corrected chi connectivity index (χ3v) is 4.30. The van der Waals surface area contributed by atoms with Crippen molar-refractivity contribution in [2.75, 3.05) is 38.8 Å². The van der Waals surface area contributed by atoms with Gasteiger partial charge in [0.25, 0.3) is 0 Å². The van der Waals surface area contributed by atoms with Crippen LogP contribution in [0.25, 0.3) is 0 Å². The molecule has 7 nitrogen and oxygen atoms in total. The number of benzene rings is 2. The number of aliphatic imine (C=N–C) groups is 1. The molecule has 0 radical (unpaired) electrons. The number of guanidine groups is 1. The summed E-state index contributed by atoms with van der Waals surface area (Å²) >= 11 is 0. The highest BCUT2D eigenvalue weighted by molar-refractivity contribution is 5.93. The molecule has 0 fully saturated rings. The molecule has 156 valence electrons. The van der Waals surface area contributed by atoms with Crippen LogP contribution >= 0.6 is 0 Å². The van der Waals surface area contributed by atoms with Crippen molar-refractivity contribution < 1.29 is 18.9 Å². The van der Waals surface area contributed by atoms with Gasteiger partial charge in [0.05, 0.1) is 33.5 Å². The monoisotopic (exact) mass is 399 g/mol. The van der Waals surface area contributed by atoms with Crippen molar-refractivity contribution in [3.63, 3.8) is 0 Å². The molecule has 2 aromatic rings. The lowest BCUT2D eigenvalue weighted by atomic mass is 10.2. The molecule has 2 aromatic carbocycles. The maximum absolute atomic E-state index is 5.77. The highest BCUT2D eigenvalue weighted by atomic mass is 16.5. The molecule has 1 aliphatic rings. The van der Waals surface area contributed by atoms with Crippen LogP contribution in [0.5, 0.6) is 23.0 Å². The van der Waals surface area contributed by atoms with Crippen LogP contribution < -0.4 is 29.6 Å². The number of nitrogens with one attached hydrogen (secondary N) is 2.